The van der Waals surface area contributed by atoms with Crippen molar-refractivity contribution in [1.82, 2.24) is 10.2 Å². The molecule has 0 bridgehead atoms. The van der Waals surface area contributed by atoms with Gasteiger partial charge in [-0.2, -0.15) is 0 Å². The molecule has 0 radical (unpaired) electrons. The highest BCUT2D eigenvalue weighted by Gasteiger charge is 2.21. The SMILES string of the molecule is CCCCOC(=O)CN1CCCC(CNCC)C1. The lowest BCUT2D eigenvalue weighted by molar-refractivity contribution is -0.145. The van der Waals surface area contributed by atoms with Crippen LogP contribution in [0.1, 0.15) is 39.5 Å². The predicted molar refractivity (Wildman–Crippen MR) is 73.6 cm³/mol. The Labute approximate surface area is 111 Å². The lowest BCUT2D eigenvalue weighted by atomic mass is 9.98. The standard InChI is InChI=1S/C14H28N2O2/c1-3-5-9-18-14(17)12-16-8-6-7-13(11-16)10-15-4-2/h13,15H,3-12H2,1-2H3. The summed E-state index contributed by atoms with van der Waals surface area (Å²) in [6.07, 6.45) is 4.50. The normalized spacial score (nSPS) is 20.9. The molecular formula is C14H28N2O2. The van der Waals surface area contributed by atoms with Gasteiger partial charge in [-0.25, -0.2) is 0 Å². The first-order chi connectivity index (χ1) is 8.76. The maximum absolute atomic E-state index is 11.6. The second kappa shape index (κ2) is 9.34. The zero-order valence-electron chi connectivity index (χ0n) is 11.9. The molecule has 0 saturated carbocycles. The fourth-order valence-electron chi connectivity index (χ4n) is 2.37. The third-order valence-corrected chi connectivity index (χ3v) is 3.40. The average molecular weight is 256 g/mol. The van der Waals surface area contributed by atoms with Crippen molar-refractivity contribution in [3.63, 3.8) is 0 Å². The first kappa shape index (κ1) is 15.4. The van der Waals surface area contributed by atoms with Gasteiger partial charge in [-0.15, -0.1) is 0 Å². The fraction of sp³-hybridized carbons (Fsp3) is 0.929. The van der Waals surface area contributed by atoms with E-state index in [0.29, 0.717) is 19.1 Å². The summed E-state index contributed by atoms with van der Waals surface area (Å²) in [5.74, 6) is 0.620. The summed E-state index contributed by atoms with van der Waals surface area (Å²) in [7, 11) is 0. The Bertz CT molecular complexity index is 234. The van der Waals surface area contributed by atoms with E-state index in [1.807, 2.05) is 0 Å². The molecule has 18 heavy (non-hydrogen) atoms. The van der Waals surface area contributed by atoms with Crippen molar-refractivity contribution in [2.75, 3.05) is 39.3 Å². The Morgan fingerprint density at radius 2 is 2.28 bits per heavy atom. The minimum absolute atomic E-state index is 0.0625. The molecule has 1 heterocycles. The van der Waals surface area contributed by atoms with Crippen LogP contribution in [0, 0.1) is 5.92 Å². The number of esters is 1. The minimum atomic E-state index is -0.0625. The summed E-state index contributed by atoms with van der Waals surface area (Å²) in [5, 5.41) is 3.39. The van der Waals surface area contributed by atoms with Gasteiger partial charge >= 0.3 is 5.97 Å². The first-order valence-electron chi connectivity index (χ1n) is 7.35. The van der Waals surface area contributed by atoms with E-state index in [1.165, 1.54) is 12.8 Å². The molecule has 1 aliphatic heterocycles. The molecule has 1 fully saturated rings. The first-order valence-corrected chi connectivity index (χ1v) is 7.35. The number of nitrogens with one attached hydrogen (secondary N) is 1. The van der Waals surface area contributed by atoms with Crippen molar-refractivity contribution in [1.29, 1.82) is 0 Å². The maximum atomic E-state index is 11.6. The lowest BCUT2D eigenvalue weighted by Crippen LogP contribution is -2.42. The van der Waals surface area contributed by atoms with Gasteiger partial charge in [0.05, 0.1) is 13.2 Å². The van der Waals surface area contributed by atoms with Crippen molar-refractivity contribution in [3.8, 4) is 0 Å². The predicted octanol–water partition coefficient (Wildman–Crippen LogP) is 1.65. The molecular weight excluding hydrogens is 228 g/mol. The Hall–Kier alpha value is -0.610. The van der Waals surface area contributed by atoms with E-state index in [1.54, 1.807) is 0 Å². The molecule has 1 atom stereocenters. The van der Waals surface area contributed by atoms with Gasteiger partial charge in [0.2, 0.25) is 0 Å². The van der Waals surface area contributed by atoms with E-state index >= 15 is 0 Å². The zero-order chi connectivity index (χ0) is 13.2. The van der Waals surface area contributed by atoms with Crippen LogP contribution >= 0.6 is 0 Å². The van der Waals surface area contributed by atoms with Crippen LogP contribution in [-0.4, -0.2) is 50.2 Å². The summed E-state index contributed by atoms with van der Waals surface area (Å²) in [5.41, 5.74) is 0. The van der Waals surface area contributed by atoms with Gasteiger partial charge in [0.15, 0.2) is 0 Å². The number of likely N-dealkylation sites (tertiary alicyclic amines) is 1. The number of unbranched alkanes of at least 4 members (excludes halogenated alkanes) is 1. The van der Waals surface area contributed by atoms with E-state index in [0.717, 1.165) is 39.0 Å². The van der Waals surface area contributed by atoms with Crippen LogP contribution < -0.4 is 5.32 Å². The molecule has 0 aromatic carbocycles. The number of rotatable bonds is 8. The second-order valence-electron chi connectivity index (χ2n) is 5.13. The summed E-state index contributed by atoms with van der Waals surface area (Å²) < 4.78 is 5.21. The molecule has 1 N–H and O–H groups in total. The summed E-state index contributed by atoms with van der Waals surface area (Å²) in [6.45, 7) is 9.42. The fourth-order valence-corrected chi connectivity index (χ4v) is 2.37. The van der Waals surface area contributed by atoms with Crippen molar-refractivity contribution >= 4 is 5.97 Å². The Balaban J connectivity index is 2.18. The highest BCUT2D eigenvalue weighted by atomic mass is 16.5. The highest BCUT2D eigenvalue weighted by molar-refractivity contribution is 5.71. The van der Waals surface area contributed by atoms with Crippen LogP contribution in [0.15, 0.2) is 0 Å². The average Bonchev–Trinajstić information content (AvgIpc) is 2.37. The third-order valence-electron chi connectivity index (χ3n) is 3.40. The quantitative estimate of drug-likeness (QED) is 0.530. The van der Waals surface area contributed by atoms with E-state index in [2.05, 4.69) is 24.1 Å². The monoisotopic (exact) mass is 256 g/mol. The van der Waals surface area contributed by atoms with E-state index in [9.17, 15) is 4.79 Å². The number of hydrogen-bond acceptors (Lipinski definition) is 4. The summed E-state index contributed by atoms with van der Waals surface area (Å²) >= 11 is 0. The van der Waals surface area contributed by atoms with Gasteiger partial charge in [-0.1, -0.05) is 20.3 Å². The number of hydrogen-bond donors (Lipinski definition) is 1. The Kier molecular flexibility index (Phi) is 8.01. The molecule has 1 unspecified atom stereocenters. The Morgan fingerprint density at radius 1 is 1.44 bits per heavy atom. The topological polar surface area (TPSA) is 41.6 Å². The van der Waals surface area contributed by atoms with E-state index in [4.69, 9.17) is 4.74 Å². The van der Waals surface area contributed by atoms with Crippen LogP contribution in [0.3, 0.4) is 0 Å². The summed E-state index contributed by atoms with van der Waals surface area (Å²) in [6, 6.07) is 0. The maximum Gasteiger partial charge on any atom is 0.320 e. The van der Waals surface area contributed by atoms with E-state index in [-0.39, 0.29) is 5.97 Å². The van der Waals surface area contributed by atoms with Gasteiger partial charge in [0.1, 0.15) is 0 Å². The Morgan fingerprint density at radius 3 is 3.00 bits per heavy atom. The molecule has 0 aromatic heterocycles. The van der Waals surface area contributed by atoms with Crippen molar-refractivity contribution in [2.45, 2.75) is 39.5 Å². The number of ether oxygens (including phenoxy) is 1. The van der Waals surface area contributed by atoms with E-state index < -0.39 is 0 Å². The lowest BCUT2D eigenvalue weighted by Gasteiger charge is -2.32. The van der Waals surface area contributed by atoms with Gasteiger partial charge in [-0.3, -0.25) is 9.69 Å². The highest BCUT2D eigenvalue weighted by Crippen LogP contribution is 2.15. The summed E-state index contributed by atoms with van der Waals surface area (Å²) in [4.78, 5) is 13.9. The van der Waals surface area contributed by atoms with Gasteiger partial charge in [-0.05, 0) is 44.8 Å². The number of carbonyl (C=O) groups is 1. The van der Waals surface area contributed by atoms with Crippen LogP contribution in [-0.2, 0) is 9.53 Å². The number of carbonyl (C=O) groups excluding carboxylic acids is 1. The van der Waals surface area contributed by atoms with Gasteiger partial charge < -0.3 is 10.1 Å². The van der Waals surface area contributed by atoms with Crippen molar-refractivity contribution in [2.24, 2.45) is 5.92 Å². The minimum Gasteiger partial charge on any atom is -0.465 e. The van der Waals surface area contributed by atoms with Crippen molar-refractivity contribution in [3.05, 3.63) is 0 Å². The molecule has 0 aliphatic carbocycles. The zero-order valence-corrected chi connectivity index (χ0v) is 11.9. The molecule has 106 valence electrons. The molecule has 1 aliphatic rings. The molecule has 0 aromatic rings. The van der Waals surface area contributed by atoms with Crippen LogP contribution in [0.5, 0.6) is 0 Å². The smallest absolute Gasteiger partial charge is 0.320 e. The second-order valence-corrected chi connectivity index (χ2v) is 5.13. The van der Waals surface area contributed by atoms with Gasteiger partial charge in [0.25, 0.3) is 0 Å². The van der Waals surface area contributed by atoms with Crippen LogP contribution in [0.2, 0.25) is 0 Å². The largest absolute Gasteiger partial charge is 0.465 e. The number of nitrogens with zero attached hydrogens (tertiary/aromatic N) is 1. The number of piperidine rings is 1. The van der Waals surface area contributed by atoms with Crippen molar-refractivity contribution < 1.29 is 9.53 Å². The van der Waals surface area contributed by atoms with Gasteiger partial charge in [0, 0.05) is 6.54 Å². The molecule has 1 rings (SSSR count). The molecule has 0 amide bonds. The molecule has 4 nitrogen and oxygen atoms in total. The van der Waals surface area contributed by atoms with Crippen LogP contribution in [0.25, 0.3) is 0 Å². The molecule has 1 saturated heterocycles. The molecule has 0 spiro atoms. The third kappa shape index (κ3) is 6.36. The van der Waals surface area contributed by atoms with Crippen LogP contribution in [0.4, 0.5) is 0 Å². The molecule has 4 heteroatoms.